The van der Waals surface area contributed by atoms with Crippen molar-refractivity contribution >= 4 is 40.4 Å². The topological polar surface area (TPSA) is 109 Å². The van der Waals surface area contributed by atoms with Crippen LogP contribution in [0, 0.1) is 5.82 Å². The van der Waals surface area contributed by atoms with Gasteiger partial charge in [-0.25, -0.2) is 19.2 Å². The maximum atomic E-state index is 14.3. The van der Waals surface area contributed by atoms with E-state index >= 15 is 0 Å². The fourth-order valence-corrected chi connectivity index (χ4v) is 5.40. The fourth-order valence-electron chi connectivity index (χ4n) is 5.28. The van der Waals surface area contributed by atoms with Crippen molar-refractivity contribution in [3.63, 3.8) is 0 Å². The minimum atomic E-state index is -1.18. The number of ether oxygens (including phenoxy) is 1. The van der Waals surface area contributed by atoms with Crippen molar-refractivity contribution in [1.82, 2.24) is 14.9 Å². The van der Waals surface area contributed by atoms with E-state index in [1.54, 1.807) is 29.2 Å². The number of aromatic carboxylic acids is 1. The Labute approximate surface area is 247 Å². The molecular formula is C31H32ClFN4O5. The number of amides is 1. The minimum absolute atomic E-state index is 0.0277. The number of pyridine rings is 2. The average Bonchev–Trinajstić information content (AvgIpc) is 3.36. The Morgan fingerprint density at radius 2 is 1.83 bits per heavy atom. The summed E-state index contributed by atoms with van der Waals surface area (Å²) < 4.78 is 25.6. The Balaban J connectivity index is 1.47. The quantitative estimate of drug-likeness (QED) is 0.282. The number of rotatable bonds is 5. The maximum absolute atomic E-state index is 14.3. The molecule has 11 heteroatoms. The predicted molar refractivity (Wildman–Crippen MR) is 158 cm³/mol. The van der Waals surface area contributed by atoms with Crippen LogP contribution in [0.5, 0.6) is 5.75 Å². The molecule has 4 aromatic rings. The van der Waals surface area contributed by atoms with E-state index in [-0.39, 0.29) is 33.5 Å². The van der Waals surface area contributed by atoms with Gasteiger partial charge >= 0.3 is 5.97 Å². The van der Waals surface area contributed by atoms with E-state index in [2.05, 4.69) is 4.98 Å². The first-order valence-electron chi connectivity index (χ1n) is 13.5. The number of furan rings is 1. The summed E-state index contributed by atoms with van der Waals surface area (Å²) in [6.45, 7) is 11.2. The number of fused-ring (bicyclic) bond motifs is 1. The highest BCUT2D eigenvalue weighted by Gasteiger charge is 2.39. The molecule has 0 unspecified atom stereocenters. The van der Waals surface area contributed by atoms with E-state index in [0.29, 0.717) is 47.8 Å². The van der Waals surface area contributed by atoms with Crippen LogP contribution in [0.3, 0.4) is 0 Å². The van der Waals surface area contributed by atoms with Crippen molar-refractivity contribution in [2.24, 2.45) is 0 Å². The van der Waals surface area contributed by atoms with Crippen molar-refractivity contribution in [2.45, 2.75) is 45.6 Å². The van der Waals surface area contributed by atoms with Crippen LogP contribution in [0.1, 0.15) is 61.2 Å². The van der Waals surface area contributed by atoms with Gasteiger partial charge in [0.25, 0.3) is 5.91 Å². The summed E-state index contributed by atoms with van der Waals surface area (Å²) in [6, 6.07) is 11.3. The molecule has 1 saturated heterocycles. The van der Waals surface area contributed by atoms with Gasteiger partial charge in [-0.3, -0.25) is 4.79 Å². The summed E-state index contributed by atoms with van der Waals surface area (Å²) in [4.78, 5) is 38.3. The number of halogens is 2. The molecule has 1 aromatic carbocycles. The molecule has 42 heavy (non-hydrogen) atoms. The molecule has 4 heterocycles. The Bertz CT molecular complexity index is 1710. The second-order valence-electron chi connectivity index (χ2n) is 12.0. The Morgan fingerprint density at radius 1 is 1.10 bits per heavy atom. The molecule has 3 aromatic heterocycles. The third-order valence-corrected chi connectivity index (χ3v) is 7.76. The number of piperazine rings is 1. The Kier molecular flexibility index (Phi) is 7.39. The van der Waals surface area contributed by atoms with Gasteiger partial charge in [-0.15, -0.1) is 0 Å². The lowest BCUT2D eigenvalue weighted by atomic mass is 9.86. The van der Waals surface area contributed by atoms with Crippen LogP contribution >= 0.6 is 11.6 Å². The second kappa shape index (κ2) is 10.6. The van der Waals surface area contributed by atoms with Gasteiger partial charge in [0, 0.05) is 36.8 Å². The largest absolute Gasteiger partial charge is 0.494 e. The summed E-state index contributed by atoms with van der Waals surface area (Å²) in [5.41, 5.74) is 1.77. The summed E-state index contributed by atoms with van der Waals surface area (Å²) in [5.74, 6) is -1.19. The van der Waals surface area contributed by atoms with Gasteiger partial charge < -0.3 is 24.1 Å². The molecule has 0 spiro atoms. The first kappa shape index (κ1) is 29.3. The number of hydrogen-bond acceptors (Lipinski definition) is 7. The van der Waals surface area contributed by atoms with Crippen molar-refractivity contribution in [2.75, 3.05) is 31.6 Å². The van der Waals surface area contributed by atoms with Crippen LogP contribution in [0.15, 0.2) is 46.9 Å². The molecular weight excluding hydrogens is 563 g/mol. The number of aromatic nitrogens is 2. The summed E-state index contributed by atoms with van der Waals surface area (Å²) in [5, 5.41) is 9.57. The third kappa shape index (κ3) is 5.38. The number of anilines is 1. The number of hydrogen-bond donors (Lipinski definition) is 1. The molecule has 0 saturated carbocycles. The lowest BCUT2D eigenvalue weighted by Crippen LogP contribution is -2.61. The van der Waals surface area contributed by atoms with Gasteiger partial charge in [0.2, 0.25) is 0 Å². The second-order valence-corrected chi connectivity index (χ2v) is 12.4. The van der Waals surface area contributed by atoms with Gasteiger partial charge in [-0.2, -0.15) is 0 Å². The number of carboxylic acid groups (broad SMARTS) is 1. The van der Waals surface area contributed by atoms with Crippen LogP contribution in [0.25, 0.3) is 22.4 Å². The summed E-state index contributed by atoms with van der Waals surface area (Å²) in [7, 11) is 1.40. The molecule has 0 bridgehead atoms. The summed E-state index contributed by atoms with van der Waals surface area (Å²) in [6.07, 6.45) is 0. The van der Waals surface area contributed by atoms with E-state index < -0.39 is 17.3 Å². The van der Waals surface area contributed by atoms with E-state index in [4.69, 9.17) is 25.7 Å². The number of carboxylic acids is 1. The number of carbonyl (C=O) groups excluding carboxylic acids is 1. The standard InChI is InChI=1S/C31H32ClFN4O5/c1-30(2,3)18-14-21(17-7-8-19(32)20(33)13-17)34-22-15-24(42-27(18)22)28(38)37-12-11-36(16-31(37,4)5)25-10-9-23(41-6)26(35-25)29(39)40/h7-10,13-15H,11-12,16H2,1-6H3,(H,39,40). The molecule has 0 aliphatic carbocycles. The number of benzene rings is 1. The molecule has 1 N–H and O–H groups in total. The zero-order chi connectivity index (χ0) is 30.6. The molecule has 1 aliphatic rings. The van der Waals surface area contributed by atoms with Crippen LogP contribution in [0.2, 0.25) is 5.02 Å². The van der Waals surface area contributed by atoms with Gasteiger partial charge in [0.1, 0.15) is 17.2 Å². The van der Waals surface area contributed by atoms with Crippen LogP contribution < -0.4 is 9.64 Å². The fraction of sp³-hybridized carbons (Fsp3) is 0.355. The molecule has 0 radical (unpaired) electrons. The number of nitrogens with zero attached hydrogens (tertiary/aromatic N) is 4. The maximum Gasteiger partial charge on any atom is 0.358 e. The first-order valence-corrected chi connectivity index (χ1v) is 13.8. The first-order chi connectivity index (χ1) is 19.7. The summed E-state index contributed by atoms with van der Waals surface area (Å²) >= 11 is 5.89. The third-order valence-electron chi connectivity index (χ3n) is 7.45. The highest BCUT2D eigenvalue weighted by molar-refractivity contribution is 6.30. The van der Waals surface area contributed by atoms with Gasteiger partial charge in [-0.1, -0.05) is 38.4 Å². The van der Waals surface area contributed by atoms with Crippen molar-refractivity contribution in [3.8, 4) is 17.0 Å². The van der Waals surface area contributed by atoms with Crippen LogP contribution in [-0.2, 0) is 5.41 Å². The van der Waals surface area contributed by atoms with Gasteiger partial charge in [0.05, 0.1) is 23.4 Å². The van der Waals surface area contributed by atoms with E-state index in [0.717, 1.165) is 5.56 Å². The monoisotopic (exact) mass is 594 g/mol. The Hall–Kier alpha value is -4.18. The van der Waals surface area contributed by atoms with E-state index in [9.17, 15) is 19.1 Å². The lowest BCUT2D eigenvalue weighted by Gasteiger charge is -2.47. The van der Waals surface area contributed by atoms with Crippen molar-refractivity contribution in [1.29, 1.82) is 0 Å². The Morgan fingerprint density at radius 3 is 2.45 bits per heavy atom. The van der Waals surface area contributed by atoms with Crippen molar-refractivity contribution in [3.05, 3.63) is 70.3 Å². The van der Waals surface area contributed by atoms with Crippen LogP contribution in [0.4, 0.5) is 10.2 Å². The zero-order valence-electron chi connectivity index (χ0n) is 24.3. The molecule has 220 valence electrons. The van der Waals surface area contributed by atoms with Gasteiger partial charge in [-0.05, 0) is 49.6 Å². The molecule has 1 amide bonds. The van der Waals surface area contributed by atoms with E-state index in [1.165, 1.54) is 19.2 Å². The van der Waals surface area contributed by atoms with Crippen LogP contribution in [-0.4, -0.2) is 64.1 Å². The molecule has 9 nitrogen and oxygen atoms in total. The normalized spacial score (nSPS) is 15.2. The molecule has 5 rings (SSSR count). The highest BCUT2D eigenvalue weighted by Crippen LogP contribution is 2.36. The predicted octanol–water partition coefficient (Wildman–Crippen LogP) is 6.43. The minimum Gasteiger partial charge on any atom is -0.494 e. The zero-order valence-corrected chi connectivity index (χ0v) is 25.0. The average molecular weight is 595 g/mol. The SMILES string of the molecule is COc1ccc(N2CCN(C(=O)c3cc4nc(-c5ccc(Cl)c(F)c5)cc(C(C)(C)C)c4o3)C(C)(C)C2)nc1C(=O)O. The number of carbonyl (C=O) groups is 2. The van der Waals surface area contributed by atoms with Gasteiger partial charge in [0.15, 0.2) is 22.8 Å². The van der Waals surface area contributed by atoms with E-state index in [1.807, 2.05) is 45.6 Å². The molecule has 0 atom stereocenters. The molecule has 1 aliphatic heterocycles. The molecule has 1 fully saturated rings. The number of methoxy groups -OCH3 is 1. The van der Waals surface area contributed by atoms with Crippen molar-refractivity contribution < 1.29 is 28.2 Å². The lowest BCUT2D eigenvalue weighted by molar-refractivity contribution is 0.0483. The highest BCUT2D eigenvalue weighted by atomic mass is 35.5. The smallest absolute Gasteiger partial charge is 0.358 e.